The normalized spacial score (nSPS) is 10.3. The zero-order chi connectivity index (χ0) is 13.7. The molecule has 0 saturated heterocycles. The maximum atomic E-state index is 5.76. The lowest BCUT2D eigenvalue weighted by molar-refractivity contribution is 0.459. The maximum Gasteiger partial charge on any atom is 0.224 e. The van der Waals surface area contributed by atoms with Crippen molar-refractivity contribution >= 4 is 17.6 Å². The fourth-order valence-corrected chi connectivity index (χ4v) is 1.98. The van der Waals surface area contributed by atoms with Gasteiger partial charge in [-0.05, 0) is 30.5 Å². The molecular formula is C14H17N3OS. The molecule has 100 valence electrons. The number of anilines is 1. The fraction of sp³-hybridized carbons (Fsp3) is 0.286. The van der Waals surface area contributed by atoms with E-state index in [1.54, 1.807) is 17.8 Å². The second-order valence-corrected chi connectivity index (χ2v) is 4.77. The lowest BCUT2D eigenvalue weighted by Gasteiger charge is -2.08. The van der Waals surface area contributed by atoms with Gasteiger partial charge in [0.1, 0.15) is 17.4 Å². The molecule has 0 bridgehead atoms. The largest absolute Gasteiger partial charge is 0.439 e. The Labute approximate surface area is 117 Å². The van der Waals surface area contributed by atoms with Gasteiger partial charge in [-0.2, -0.15) is 4.98 Å². The van der Waals surface area contributed by atoms with Crippen LogP contribution in [0.3, 0.4) is 0 Å². The molecule has 0 atom stereocenters. The van der Waals surface area contributed by atoms with E-state index in [1.807, 2.05) is 44.5 Å². The Morgan fingerprint density at radius 2 is 1.95 bits per heavy atom. The SMILES string of the molecule is CCc1nc(NC)cc(Oc2ccc(SC)cc2)n1. The summed E-state index contributed by atoms with van der Waals surface area (Å²) in [6.45, 7) is 2.02. The van der Waals surface area contributed by atoms with Crippen LogP contribution in [0.5, 0.6) is 11.6 Å². The Kier molecular flexibility index (Phi) is 4.63. The third-order valence-electron chi connectivity index (χ3n) is 2.60. The van der Waals surface area contributed by atoms with Crippen molar-refractivity contribution in [3.8, 4) is 11.6 Å². The molecule has 19 heavy (non-hydrogen) atoms. The van der Waals surface area contributed by atoms with Gasteiger partial charge in [-0.25, -0.2) is 4.98 Å². The molecule has 0 amide bonds. The number of hydrogen-bond donors (Lipinski definition) is 1. The quantitative estimate of drug-likeness (QED) is 0.845. The summed E-state index contributed by atoms with van der Waals surface area (Å²) < 4.78 is 5.76. The highest BCUT2D eigenvalue weighted by Crippen LogP contribution is 2.24. The Bertz CT molecular complexity index is 521. The van der Waals surface area contributed by atoms with Crippen molar-refractivity contribution < 1.29 is 4.74 Å². The van der Waals surface area contributed by atoms with Crippen LogP contribution in [0.25, 0.3) is 0 Å². The Hall–Kier alpha value is -1.75. The van der Waals surface area contributed by atoms with Crippen molar-refractivity contribution in [3.63, 3.8) is 0 Å². The lowest BCUT2D eigenvalue weighted by atomic mass is 10.3. The summed E-state index contributed by atoms with van der Waals surface area (Å²) in [5, 5.41) is 3.01. The number of ether oxygens (including phenoxy) is 1. The first-order chi connectivity index (χ1) is 9.25. The molecule has 0 radical (unpaired) electrons. The van der Waals surface area contributed by atoms with Gasteiger partial charge in [0.2, 0.25) is 5.88 Å². The van der Waals surface area contributed by atoms with E-state index in [9.17, 15) is 0 Å². The Morgan fingerprint density at radius 3 is 2.53 bits per heavy atom. The van der Waals surface area contributed by atoms with Crippen LogP contribution in [-0.4, -0.2) is 23.3 Å². The molecule has 1 N–H and O–H groups in total. The summed E-state index contributed by atoms with van der Waals surface area (Å²) >= 11 is 1.70. The van der Waals surface area contributed by atoms with Crippen molar-refractivity contribution in [2.45, 2.75) is 18.2 Å². The van der Waals surface area contributed by atoms with E-state index in [0.717, 1.165) is 23.8 Å². The van der Waals surface area contributed by atoms with Gasteiger partial charge in [0.05, 0.1) is 0 Å². The standard InChI is InChI=1S/C14H17N3OS/c1-4-12-16-13(15-2)9-14(17-12)18-10-5-7-11(19-3)8-6-10/h5-9H,4H2,1-3H3,(H,15,16,17). The first kappa shape index (κ1) is 13.7. The summed E-state index contributed by atoms with van der Waals surface area (Å²) in [7, 11) is 1.83. The van der Waals surface area contributed by atoms with Crippen LogP contribution < -0.4 is 10.1 Å². The molecule has 0 saturated carbocycles. The van der Waals surface area contributed by atoms with Crippen LogP contribution in [0.2, 0.25) is 0 Å². The maximum absolute atomic E-state index is 5.76. The summed E-state index contributed by atoms with van der Waals surface area (Å²) in [4.78, 5) is 9.90. The molecule has 2 rings (SSSR count). The van der Waals surface area contributed by atoms with Gasteiger partial charge in [0.15, 0.2) is 0 Å². The predicted octanol–water partition coefficient (Wildman–Crippen LogP) is 3.59. The van der Waals surface area contributed by atoms with Crippen molar-refractivity contribution in [2.75, 3.05) is 18.6 Å². The van der Waals surface area contributed by atoms with Gasteiger partial charge in [0, 0.05) is 24.4 Å². The number of aryl methyl sites for hydroxylation is 1. The average molecular weight is 275 g/mol. The van der Waals surface area contributed by atoms with Crippen LogP contribution >= 0.6 is 11.8 Å². The second-order valence-electron chi connectivity index (χ2n) is 3.89. The van der Waals surface area contributed by atoms with Crippen LogP contribution in [0.15, 0.2) is 35.2 Å². The molecule has 5 heteroatoms. The van der Waals surface area contributed by atoms with Crippen molar-refractivity contribution in [1.82, 2.24) is 9.97 Å². The number of hydrogen-bond acceptors (Lipinski definition) is 5. The van der Waals surface area contributed by atoms with Gasteiger partial charge in [-0.3, -0.25) is 0 Å². The minimum absolute atomic E-state index is 0.563. The molecule has 0 aliphatic heterocycles. The monoisotopic (exact) mass is 275 g/mol. The van der Waals surface area contributed by atoms with Crippen LogP contribution in [0.1, 0.15) is 12.7 Å². The number of nitrogens with one attached hydrogen (secondary N) is 1. The van der Waals surface area contributed by atoms with Gasteiger partial charge in [0.25, 0.3) is 0 Å². The zero-order valence-corrected chi connectivity index (χ0v) is 12.1. The number of nitrogens with zero attached hydrogens (tertiary/aromatic N) is 2. The van der Waals surface area contributed by atoms with E-state index >= 15 is 0 Å². The van der Waals surface area contributed by atoms with Crippen LogP contribution in [0, 0.1) is 0 Å². The van der Waals surface area contributed by atoms with Crippen molar-refractivity contribution in [3.05, 3.63) is 36.2 Å². The van der Waals surface area contributed by atoms with Crippen molar-refractivity contribution in [2.24, 2.45) is 0 Å². The third kappa shape index (κ3) is 3.61. The van der Waals surface area contributed by atoms with E-state index in [0.29, 0.717) is 5.88 Å². The first-order valence-electron chi connectivity index (χ1n) is 6.12. The molecule has 0 fully saturated rings. The second kappa shape index (κ2) is 6.43. The minimum atomic E-state index is 0.563. The van der Waals surface area contributed by atoms with Crippen LogP contribution in [0.4, 0.5) is 5.82 Å². The number of thioether (sulfide) groups is 1. The topological polar surface area (TPSA) is 47.0 Å². The third-order valence-corrected chi connectivity index (χ3v) is 3.35. The van der Waals surface area contributed by atoms with Gasteiger partial charge in [-0.1, -0.05) is 6.92 Å². The minimum Gasteiger partial charge on any atom is -0.439 e. The Morgan fingerprint density at radius 1 is 1.21 bits per heavy atom. The predicted molar refractivity (Wildman–Crippen MR) is 79.3 cm³/mol. The van der Waals surface area contributed by atoms with E-state index in [1.165, 1.54) is 4.90 Å². The lowest BCUT2D eigenvalue weighted by Crippen LogP contribution is -2.00. The first-order valence-corrected chi connectivity index (χ1v) is 7.35. The van der Waals surface area contributed by atoms with Crippen LogP contribution in [-0.2, 0) is 6.42 Å². The van der Waals surface area contributed by atoms with E-state index in [2.05, 4.69) is 15.3 Å². The highest BCUT2D eigenvalue weighted by molar-refractivity contribution is 7.98. The summed E-state index contributed by atoms with van der Waals surface area (Å²) in [6, 6.07) is 9.74. The van der Waals surface area contributed by atoms with Gasteiger partial charge < -0.3 is 10.1 Å². The number of rotatable bonds is 5. The summed E-state index contributed by atoms with van der Waals surface area (Å²) in [5.41, 5.74) is 0. The number of benzene rings is 1. The molecule has 0 aliphatic rings. The van der Waals surface area contributed by atoms with Gasteiger partial charge >= 0.3 is 0 Å². The molecular weight excluding hydrogens is 258 g/mol. The molecule has 4 nitrogen and oxygen atoms in total. The molecule has 0 unspecified atom stereocenters. The molecule has 1 heterocycles. The van der Waals surface area contributed by atoms with Gasteiger partial charge in [-0.15, -0.1) is 11.8 Å². The Balaban J connectivity index is 2.21. The summed E-state index contributed by atoms with van der Waals surface area (Å²) in [6.07, 6.45) is 2.82. The fourth-order valence-electron chi connectivity index (χ4n) is 1.58. The zero-order valence-electron chi connectivity index (χ0n) is 11.3. The summed E-state index contributed by atoms with van der Waals surface area (Å²) in [5.74, 6) is 2.87. The molecule has 1 aromatic carbocycles. The molecule has 2 aromatic rings. The smallest absolute Gasteiger partial charge is 0.224 e. The highest BCUT2D eigenvalue weighted by Gasteiger charge is 2.05. The molecule has 0 aliphatic carbocycles. The van der Waals surface area contributed by atoms with Crippen molar-refractivity contribution in [1.29, 1.82) is 0 Å². The van der Waals surface area contributed by atoms with E-state index < -0.39 is 0 Å². The number of aromatic nitrogens is 2. The van der Waals surface area contributed by atoms with E-state index in [4.69, 9.17) is 4.74 Å². The molecule has 1 aromatic heterocycles. The highest BCUT2D eigenvalue weighted by atomic mass is 32.2. The average Bonchev–Trinajstić information content (AvgIpc) is 2.47. The van der Waals surface area contributed by atoms with E-state index in [-0.39, 0.29) is 0 Å². The molecule has 0 spiro atoms.